The van der Waals surface area contributed by atoms with Crippen LogP contribution < -0.4 is 0 Å². The summed E-state index contributed by atoms with van der Waals surface area (Å²) in [5.41, 5.74) is 0.930. The van der Waals surface area contributed by atoms with Crippen LogP contribution in [0.25, 0.3) is 0 Å². The smallest absolute Gasteiger partial charge is 0.0871 e. The molecule has 0 spiro atoms. The van der Waals surface area contributed by atoms with Crippen molar-refractivity contribution in [3.63, 3.8) is 0 Å². The maximum absolute atomic E-state index is 5.61. The molecular weight excluding hydrogens is 204 g/mol. The van der Waals surface area contributed by atoms with Gasteiger partial charge in [0.25, 0.3) is 0 Å². The van der Waals surface area contributed by atoms with Crippen molar-refractivity contribution in [1.29, 1.82) is 0 Å². The quantitative estimate of drug-likeness (QED) is 0.760. The van der Waals surface area contributed by atoms with Crippen LogP contribution >= 0.6 is 21.7 Å². The Kier molecular flexibility index (Phi) is 3.65. The minimum Gasteiger partial charge on any atom is -0.374 e. The second-order valence-corrected chi connectivity index (χ2v) is 4.40. The van der Waals surface area contributed by atoms with Gasteiger partial charge in [-0.2, -0.15) is 0 Å². The van der Waals surface area contributed by atoms with Crippen LogP contribution in [0.3, 0.4) is 0 Å². The lowest BCUT2D eigenvalue weighted by Crippen LogP contribution is -2.18. The maximum Gasteiger partial charge on any atom is 0.0871 e. The summed E-state index contributed by atoms with van der Waals surface area (Å²) in [5, 5.41) is 0. The molecule has 0 atom stereocenters. The molecule has 0 fully saturated rings. The standard InChI is InChI=1S/C10H13ClOS/c1-10(2,12-3)8-4-6-9(13-11)7-5-8/h4-7H,1-3H3. The SMILES string of the molecule is COC(C)(C)c1ccc(SCl)cc1. The second kappa shape index (κ2) is 4.36. The molecule has 72 valence electrons. The molecule has 0 amide bonds. The van der Waals surface area contributed by atoms with Crippen LogP contribution in [0.5, 0.6) is 0 Å². The van der Waals surface area contributed by atoms with Crippen LogP contribution in [0.4, 0.5) is 0 Å². The number of hydrogen-bond acceptors (Lipinski definition) is 2. The molecule has 13 heavy (non-hydrogen) atoms. The molecule has 0 aliphatic carbocycles. The number of rotatable bonds is 3. The van der Waals surface area contributed by atoms with Gasteiger partial charge in [-0.25, -0.2) is 0 Å². The molecule has 0 saturated carbocycles. The topological polar surface area (TPSA) is 9.23 Å². The van der Waals surface area contributed by atoms with E-state index in [-0.39, 0.29) is 5.60 Å². The molecule has 0 radical (unpaired) electrons. The van der Waals surface area contributed by atoms with Crippen molar-refractivity contribution in [1.82, 2.24) is 0 Å². The van der Waals surface area contributed by atoms with E-state index in [0.717, 1.165) is 10.5 Å². The summed E-state index contributed by atoms with van der Waals surface area (Å²) in [6, 6.07) is 8.06. The van der Waals surface area contributed by atoms with Crippen LogP contribution in [0.15, 0.2) is 29.2 Å². The van der Waals surface area contributed by atoms with Crippen molar-refractivity contribution in [2.75, 3.05) is 7.11 Å². The molecule has 1 aromatic rings. The third-order valence-electron chi connectivity index (χ3n) is 2.15. The van der Waals surface area contributed by atoms with E-state index >= 15 is 0 Å². The summed E-state index contributed by atoms with van der Waals surface area (Å²) >= 11 is 0. The van der Waals surface area contributed by atoms with E-state index in [2.05, 4.69) is 0 Å². The lowest BCUT2D eigenvalue weighted by atomic mass is 9.98. The molecule has 0 aromatic heterocycles. The summed E-state index contributed by atoms with van der Waals surface area (Å²) in [7, 11) is 8.55. The number of ether oxygens (including phenoxy) is 1. The van der Waals surface area contributed by atoms with Crippen LogP contribution in [0.2, 0.25) is 0 Å². The first-order valence-electron chi connectivity index (χ1n) is 4.04. The average molecular weight is 217 g/mol. The van der Waals surface area contributed by atoms with Crippen molar-refractivity contribution in [2.45, 2.75) is 24.3 Å². The van der Waals surface area contributed by atoms with Crippen molar-refractivity contribution >= 4 is 21.7 Å². The first-order chi connectivity index (χ1) is 6.10. The fraction of sp³-hybridized carbons (Fsp3) is 0.400. The third kappa shape index (κ3) is 2.63. The van der Waals surface area contributed by atoms with E-state index in [1.807, 2.05) is 38.1 Å². The van der Waals surface area contributed by atoms with Gasteiger partial charge in [-0.1, -0.05) is 12.1 Å². The molecule has 1 rings (SSSR count). The van der Waals surface area contributed by atoms with Gasteiger partial charge in [0, 0.05) is 12.0 Å². The first-order valence-corrected chi connectivity index (χ1v) is 5.68. The summed E-state index contributed by atoms with van der Waals surface area (Å²) in [4.78, 5) is 1.05. The van der Waals surface area contributed by atoms with Crippen LogP contribution in [-0.2, 0) is 10.3 Å². The van der Waals surface area contributed by atoms with Crippen molar-refractivity contribution < 1.29 is 4.74 Å². The van der Waals surface area contributed by atoms with Gasteiger partial charge in [-0.3, -0.25) is 0 Å². The van der Waals surface area contributed by atoms with E-state index in [1.54, 1.807) is 7.11 Å². The molecule has 0 heterocycles. The zero-order valence-electron chi connectivity index (χ0n) is 8.00. The second-order valence-electron chi connectivity index (χ2n) is 3.32. The molecule has 1 aromatic carbocycles. The highest BCUT2D eigenvalue weighted by Crippen LogP contribution is 2.27. The fourth-order valence-corrected chi connectivity index (χ4v) is 1.57. The van der Waals surface area contributed by atoms with E-state index in [0.29, 0.717) is 0 Å². The first kappa shape index (κ1) is 10.9. The Morgan fingerprint density at radius 3 is 2.15 bits per heavy atom. The van der Waals surface area contributed by atoms with Crippen molar-refractivity contribution in [3.8, 4) is 0 Å². The highest BCUT2D eigenvalue weighted by molar-refractivity contribution is 8.21. The summed E-state index contributed by atoms with van der Waals surface area (Å²) in [6.07, 6.45) is 0. The Hall–Kier alpha value is -0.180. The largest absolute Gasteiger partial charge is 0.374 e. The van der Waals surface area contributed by atoms with Gasteiger partial charge in [-0.05, 0) is 53.2 Å². The zero-order chi connectivity index (χ0) is 9.90. The normalized spacial score (nSPS) is 11.7. The van der Waals surface area contributed by atoms with Gasteiger partial charge in [0.2, 0.25) is 0 Å². The molecule has 3 heteroatoms. The molecule has 0 unspecified atom stereocenters. The van der Waals surface area contributed by atoms with Gasteiger partial charge in [0.1, 0.15) is 0 Å². The lowest BCUT2D eigenvalue weighted by molar-refractivity contribution is 0.0192. The minimum atomic E-state index is -0.227. The molecule has 1 nitrogen and oxygen atoms in total. The molecular formula is C10H13ClOS. The predicted octanol–water partition coefficient (Wildman–Crippen LogP) is 3.81. The van der Waals surface area contributed by atoms with Gasteiger partial charge < -0.3 is 4.74 Å². The molecule has 0 aliphatic heterocycles. The Labute approximate surface area is 87.9 Å². The number of hydrogen-bond donors (Lipinski definition) is 0. The van der Waals surface area contributed by atoms with Crippen molar-refractivity contribution in [3.05, 3.63) is 29.8 Å². The third-order valence-corrected chi connectivity index (χ3v) is 3.13. The Bertz CT molecular complexity index is 269. The predicted molar refractivity (Wildman–Crippen MR) is 58.2 cm³/mol. The maximum atomic E-state index is 5.61. The van der Waals surface area contributed by atoms with Crippen LogP contribution in [-0.4, -0.2) is 7.11 Å². The monoisotopic (exact) mass is 216 g/mol. The van der Waals surface area contributed by atoms with Gasteiger partial charge in [-0.15, -0.1) is 0 Å². The summed E-state index contributed by atoms with van der Waals surface area (Å²) in [5.74, 6) is 0. The van der Waals surface area contributed by atoms with E-state index < -0.39 is 0 Å². The van der Waals surface area contributed by atoms with Crippen LogP contribution in [0.1, 0.15) is 19.4 Å². The van der Waals surface area contributed by atoms with Gasteiger partial charge >= 0.3 is 0 Å². The van der Waals surface area contributed by atoms with Crippen molar-refractivity contribution in [2.24, 2.45) is 0 Å². The minimum absolute atomic E-state index is 0.227. The summed E-state index contributed by atoms with van der Waals surface area (Å²) < 4.78 is 5.36. The number of methoxy groups -OCH3 is 1. The van der Waals surface area contributed by atoms with Gasteiger partial charge in [0.15, 0.2) is 0 Å². The Morgan fingerprint density at radius 2 is 1.77 bits per heavy atom. The number of benzene rings is 1. The fourth-order valence-electron chi connectivity index (χ4n) is 1.03. The highest BCUT2D eigenvalue weighted by Gasteiger charge is 2.18. The van der Waals surface area contributed by atoms with E-state index in [4.69, 9.17) is 15.4 Å². The molecule has 0 bridgehead atoms. The summed E-state index contributed by atoms with van der Waals surface area (Å²) in [6.45, 7) is 4.08. The average Bonchev–Trinajstić information content (AvgIpc) is 2.18. The molecule has 0 aliphatic rings. The zero-order valence-corrected chi connectivity index (χ0v) is 9.58. The lowest BCUT2D eigenvalue weighted by Gasteiger charge is -2.23. The van der Waals surface area contributed by atoms with Gasteiger partial charge in [0.05, 0.1) is 5.60 Å². The highest BCUT2D eigenvalue weighted by atomic mass is 35.7. The number of halogens is 1. The van der Waals surface area contributed by atoms with E-state index in [9.17, 15) is 0 Å². The van der Waals surface area contributed by atoms with Crippen LogP contribution in [0, 0.1) is 0 Å². The Morgan fingerprint density at radius 1 is 1.23 bits per heavy atom. The molecule has 0 N–H and O–H groups in total. The molecule has 0 saturated heterocycles. The Balaban J connectivity index is 2.92. The van der Waals surface area contributed by atoms with E-state index in [1.165, 1.54) is 11.0 Å².